The first kappa shape index (κ1) is 14.8. The molecule has 0 spiro atoms. The van der Waals surface area contributed by atoms with E-state index < -0.39 is 6.36 Å². The molecule has 0 aliphatic rings. The molecular weight excluding hydrogens is 287 g/mol. The summed E-state index contributed by atoms with van der Waals surface area (Å²) < 4.78 is 40.7. The van der Waals surface area contributed by atoms with Crippen molar-refractivity contribution in [2.24, 2.45) is 0 Å². The first-order valence-corrected chi connectivity index (χ1v) is 5.95. The molecule has 21 heavy (non-hydrogen) atoms. The number of alkyl halides is 3. The zero-order valence-corrected chi connectivity index (χ0v) is 10.7. The van der Waals surface area contributed by atoms with Gasteiger partial charge in [-0.05, 0) is 18.2 Å². The van der Waals surface area contributed by atoms with Crippen LogP contribution in [0.4, 0.5) is 18.9 Å². The van der Waals surface area contributed by atoms with E-state index in [0.29, 0.717) is 5.56 Å². The number of rotatable bonds is 4. The Morgan fingerprint density at radius 3 is 2.43 bits per heavy atom. The number of hydrogen-bond acceptors (Lipinski definition) is 4. The van der Waals surface area contributed by atoms with Gasteiger partial charge in [0.1, 0.15) is 0 Å². The van der Waals surface area contributed by atoms with Gasteiger partial charge in [-0.2, -0.15) is 0 Å². The highest BCUT2D eigenvalue weighted by molar-refractivity contribution is 5.57. The van der Waals surface area contributed by atoms with Crippen LogP contribution in [0.25, 0.3) is 0 Å². The third-order valence-electron chi connectivity index (χ3n) is 2.68. The number of nitrogens with one attached hydrogen (secondary N) is 1. The minimum Gasteiger partial charge on any atom is -0.504 e. The van der Waals surface area contributed by atoms with Crippen LogP contribution in [0, 0.1) is 0 Å². The van der Waals surface area contributed by atoms with Crippen molar-refractivity contribution in [2.45, 2.75) is 12.9 Å². The van der Waals surface area contributed by atoms with Gasteiger partial charge in [-0.25, -0.2) is 0 Å². The molecule has 3 N–H and O–H groups in total. The second-order valence-corrected chi connectivity index (χ2v) is 4.18. The SMILES string of the molecule is Oc1cccc(CNc2ccccc2OC(F)(F)F)c1O. The van der Waals surface area contributed by atoms with E-state index in [9.17, 15) is 23.4 Å². The van der Waals surface area contributed by atoms with E-state index in [1.807, 2.05) is 0 Å². The second kappa shape index (κ2) is 5.82. The molecule has 0 saturated heterocycles. The monoisotopic (exact) mass is 299 g/mol. The highest BCUT2D eigenvalue weighted by atomic mass is 19.4. The molecule has 0 saturated carbocycles. The average Bonchev–Trinajstić information content (AvgIpc) is 2.40. The Bertz CT molecular complexity index is 629. The number of benzene rings is 2. The summed E-state index contributed by atoms with van der Waals surface area (Å²) in [6, 6.07) is 9.92. The van der Waals surface area contributed by atoms with Crippen molar-refractivity contribution >= 4 is 5.69 Å². The Labute approximate surface area is 118 Å². The summed E-state index contributed by atoms with van der Waals surface area (Å²) in [6.07, 6.45) is -4.79. The molecule has 0 radical (unpaired) electrons. The Morgan fingerprint density at radius 1 is 1.00 bits per heavy atom. The van der Waals surface area contributed by atoms with Crippen molar-refractivity contribution in [2.75, 3.05) is 5.32 Å². The van der Waals surface area contributed by atoms with Crippen LogP contribution in [0.2, 0.25) is 0 Å². The highest BCUT2D eigenvalue weighted by Gasteiger charge is 2.32. The first-order valence-electron chi connectivity index (χ1n) is 5.95. The number of phenolic OH excluding ortho intramolecular Hbond substituents is 2. The van der Waals surface area contributed by atoms with Crippen LogP contribution in [0.5, 0.6) is 17.2 Å². The normalized spacial score (nSPS) is 11.2. The summed E-state index contributed by atoms with van der Waals surface area (Å²) in [6.45, 7) is 0.0263. The summed E-state index contributed by atoms with van der Waals surface area (Å²) in [5.74, 6) is -0.988. The summed E-state index contributed by atoms with van der Waals surface area (Å²) in [5.41, 5.74) is 0.467. The number of halogens is 3. The standard InChI is InChI=1S/C14H12F3NO3/c15-14(16,17)21-12-7-2-1-5-10(12)18-8-9-4-3-6-11(19)13(9)20/h1-7,18-20H,8H2. The molecule has 0 fully saturated rings. The second-order valence-electron chi connectivity index (χ2n) is 4.18. The van der Waals surface area contributed by atoms with Crippen LogP contribution in [-0.4, -0.2) is 16.6 Å². The third-order valence-corrected chi connectivity index (χ3v) is 2.68. The molecule has 0 aromatic heterocycles. The maximum Gasteiger partial charge on any atom is 0.573 e. The zero-order valence-electron chi connectivity index (χ0n) is 10.7. The molecule has 2 aromatic carbocycles. The molecular formula is C14H12F3NO3. The number of phenols is 2. The molecule has 112 valence electrons. The van der Waals surface area contributed by atoms with E-state index >= 15 is 0 Å². The molecule has 0 unspecified atom stereocenters. The van der Waals surface area contributed by atoms with Gasteiger partial charge < -0.3 is 20.3 Å². The minimum atomic E-state index is -4.79. The molecule has 0 amide bonds. The summed E-state index contributed by atoms with van der Waals surface area (Å²) in [4.78, 5) is 0. The topological polar surface area (TPSA) is 61.7 Å². The predicted molar refractivity (Wildman–Crippen MR) is 70.2 cm³/mol. The van der Waals surface area contributed by atoms with Crippen molar-refractivity contribution in [1.29, 1.82) is 0 Å². The summed E-state index contributed by atoms with van der Waals surface area (Å²) >= 11 is 0. The van der Waals surface area contributed by atoms with Crippen LogP contribution in [0.1, 0.15) is 5.56 Å². The molecule has 0 bridgehead atoms. The lowest BCUT2D eigenvalue weighted by Gasteiger charge is -2.15. The smallest absolute Gasteiger partial charge is 0.504 e. The van der Waals surface area contributed by atoms with Crippen molar-refractivity contribution in [3.05, 3.63) is 48.0 Å². The maximum atomic E-state index is 12.3. The van der Waals surface area contributed by atoms with Gasteiger partial charge in [0.05, 0.1) is 5.69 Å². The Hall–Kier alpha value is -2.57. The van der Waals surface area contributed by atoms with Crippen LogP contribution in [0.15, 0.2) is 42.5 Å². The molecule has 0 atom stereocenters. The van der Waals surface area contributed by atoms with Crippen molar-refractivity contribution in [3.8, 4) is 17.2 Å². The van der Waals surface area contributed by atoms with Crippen LogP contribution in [-0.2, 0) is 6.54 Å². The van der Waals surface area contributed by atoms with Crippen molar-refractivity contribution in [3.63, 3.8) is 0 Å². The number of aromatic hydroxyl groups is 2. The fourth-order valence-corrected chi connectivity index (χ4v) is 1.74. The van der Waals surface area contributed by atoms with Crippen LogP contribution in [0.3, 0.4) is 0 Å². The highest BCUT2D eigenvalue weighted by Crippen LogP contribution is 2.32. The van der Waals surface area contributed by atoms with E-state index in [-0.39, 0.29) is 29.5 Å². The lowest BCUT2D eigenvalue weighted by atomic mass is 10.2. The first-order chi connectivity index (χ1) is 9.87. The fraction of sp³-hybridized carbons (Fsp3) is 0.143. The molecule has 0 aliphatic heterocycles. The van der Waals surface area contributed by atoms with E-state index in [2.05, 4.69) is 10.1 Å². The van der Waals surface area contributed by atoms with Gasteiger partial charge in [-0.3, -0.25) is 0 Å². The molecule has 2 aromatic rings. The zero-order chi connectivity index (χ0) is 15.5. The maximum absolute atomic E-state index is 12.3. The average molecular weight is 299 g/mol. The third kappa shape index (κ3) is 3.95. The van der Waals surface area contributed by atoms with Gasteiger partial charge in [0.15, 0.2) is 17.2 Å². The number of anilines is 1. The van der Waals surface area contributed by atoms with Crippen molar-refractivity contribution in [1.82, 2.24) is 0 Å². The molecule has 0 heterocycles. The molecule has 2 rings (SSSR count). The number of para-hydroxylation sites is 3. The molecule has 7 heteroatoms. The van der Waals surface area contributed by atoms with E-state index in [4.69, 9.17) is 0 Å². The largest absolute Gasteiger partial charge is 0.573 e. The quantitative estimate of drug-likeness (QED) is 0.755. The van der Waals surface area contributed by atoms with Gasteiger partial charge in [-0.1, -0.05) is 24.3 Å². The Kier molecular flexibility index (Phi) is 4.11. The minimum absolute atomic E-state index is 0.0263. The van der Waals surface area contributed by atoms with Gasteiger partial charge >= 0.3 is 6.36 Å². The summed E-state index contributed by atoms with van der Waals surface area (Å²) in [7, 11) is 0. The molecule has 4 nitrogen and oxygen atoms in total. The van der Waals surface area contributed by atoms with Crippen LogP contribution >= 0.6 is 0 Å². The Morgan fingerprint density at radius 2 is 1.71 bits per heavy atom. The lowest BCUT2D eigenvalue weighted by molar-refractivity contribution is -0.274. The van der Waals surface area contributed by atoms with E-state index in [1.165, 1.54) is 36.4 Å². The lowest BCUT2D eigenvalue weighted by Crippen LogP contribution is -2.18. The number of hydrogen-bond donors (Lipinski definition) is 3. The van der Waals surface area contributed by atoms with E-state index in [0.717, 1.165) is 0 Å². The summed E-state index contributed by atoms with van der Waals surface area (Å²) in [5, 5.41) is 21.7. The van der Waals surface area contributed by atoms with Crippen molar-refractivity contribution < 1.29 is 28.1 Å². The predicted octanol–water partition coefficient (Wildman–Crippen LogP) is 3.61. The van der Waals surface area contributed by atoms with Gasteiger partial charge in [0, 0.05) is 12.1 Å². The molecule has 0 aliphatic carbocycles. The van der Waals surface area contributed by atoms with E-state index in [1.54, 1.807) is 6.07 Å². The van der Waals surface area contributed by atoms with Gasteiger partial charge in [0.25, 0.3) is 0 Å². The van der Waals surface area contributed by atoms with Crippen LogP contribution < -0.4 is 10.1 Å². The van der Waals surface area contributed by atoms with Gasteiger partial charge in [-0.15, -0.1) is 13.2 Å². The fourth-order valence-electron chi connectivity index (χ4n) is 1.74. The number of ether oxygens (including phenoxy) is 1. The van der Waals surface area contributed by atoms with Gasteiger partial charge in [0.2, 0.25) is 0 Å². The Balaban J connectivity index is 2.15.